The second kappa shape index (κ2) is 6.07. The Labute approximate surface area is 122 Å². The van der Waals surface area contributed by atoms with E-state index in [1.54, 1.807) is 0 Å². The van der Waals surface area contributed by atoms with Crippen LogP contribution >= 0.6 is 0 Å². The molecular weight excluding hydrogens is 274 g/mol. The summed E-state index contributed by atoms with van der Waals surface area (Å²) in [6.45, 7) is 4.89. The molecule has 114 valence electrons. The van der Waals surface area contributed by atoms with Crippen molar-refractivity contribution in [2.24, 2.45) is 5.92 Å². The first-order valence-electron chi connectivity index (χ1n) is 7.04. The molecule has 1 heterocycles. The first-order chi connectivity index (χ1) is 9.90. The minimum Gasteiger partial charge on any atom is -0.478 e. The van der Waals surface area contributed by atoms with Crippen molar-refractivity contribution >= 4 is 17.5 Å². The highest BCUT2D eigenvalue weighted by molar-refractivity contribution is 5.88. The van der Waals surface area contributed by atoms with Gasteiger partial charge in [-0.2, -0.15) is 0 Å². The Morgan fingerprint density at radius 3 is 2.71 bits per heavy atom. The number of aromatic nitrogens is 1. The standard InChI is InChI=1S/C14H19N3O4/c1-9(2)5-6-16(11-3-4-11)13-12(17(20)21)7-10(8-15-13)14(18)19/h7-9,11H,3-6H2,1-2H3,(H,18,19). The normalized spacial score (nSPS) is 14.2. The lowest BCUT2D eigenvalue weighted by atomic mass is 10.1. The number of carbonyl (C=O) groups is 1. The van der Waals surface area contributed by atoms with Gasteiger partial charge in [-0.15, -0.1) is 0 Å². The van der Waals surface area contributed by atoms with Crippen LogP contribution in [0.5, 0.6) is 0 Å². The molecule has 1 saturated carbocycles. The van der Waals surface area contributed by atoms with E-state index in [2.05, 4.69) is 18.8 Å². The molecule has 0 saturated heterocycles. The van der Waals surface area contributed by atoms with Gasteiger partial charge in [0.25, 0.3) is 0 Å². The molecule has 1 N–H and O–H groups in total. The van der Waals surface area contributed by atoms with Crippen LogP contribution in [0.3, 0.4) is 0 Å². The Kier molecular flexibility index (Phi) is 4.40. The maximum absolute atomic E-state index is 11.2. The maximum atomic E-state index is 11.2. The van der Waals surface area contributed by atoms with E-state index in [4.69, 9.17) is 5.11 Å². The van der Waals surface area contributed by atoms with Crippen molar-refractivity contribution in [3.63, 3.8) is 0 Å². The van der Waals surface area contributed by atoms with Crippen LogP contribution in [0.1, 0.15) is 43.5 Å². The summed E-state index contributed by atoms with van der Waals surface area (Å²) in [6.07, 6.45) is 4.10. The van der Waals surface area contributed by atoms with Gasteiger partial charge in [-0.25, -0.2) is 9.78 Å². The summed E-state index contributed by atoms with van der Waals surface area (Å²) in [4.78, 5) is 27.6. The number of hydrogen-bond acceptors (Lipinski definition) is 5. The number of anilines is 1. The Hall–Kier alpha value is -2.18. The third kappa shape index (κ3) is 3.68. The van der Waals surface area contributed by atoms with Crippen LogP contribution in [-0.2, 0) is 0 Å². The van der Waals surface area contributed by atoms with Crippen molar-refractivity contribution in [1.82, 2.24) is 4.98 Å². The van der Waals surface area contributed by atoms with Crippen LogP contribution in [0, 0.1) is 16.0 Å². The first kappa shape index (κ1) is 15.2. The largest absolute Gasteiger partial charge is 0.478 e. The molecule has 0 aromatic carbocycles. The summed E-state index contributed by atoms with van der Waals surface area (Å²) in [5, 5.41) is 20.2. The highest BCUT2D eigenvalue weighted by Crippen LogP contribution is 2.36. The monoisotopic (exact) mass is 293 g/mol. The number of nitrogens with zero attached hydrogens (tertiary/aromatic N) is 3. The van der Waals surface area contributed by atoms with Crippen LogP contribution in [-0.4, -0.2) is 33.6 Å². The molecule has 1 aliphatic carbocycles. The molecule has 0 aliphatic heterocycles. The summed E-state index contributed by atoms with van der Waals surface area (Å²) < 4.78 is 0. The zero-order valence-electron chi connectivity index (χ0n) is 12.2. The Bertz CT molecular complexity index is 555. The third-order valence-corrected chi connectivity index (χ3v) is 3.50. The molecule has 1 fully saturated rings. The van der Waals surface area contributed by atoms with Crippen LogP contribution < -0.4 is 4.90 Å². The topological polar surface area (TPSA) is 96.6 Å². The number of carboxylic acids is 1. The average Bonchev–Trinajstić information content (AvgIpc) is 3.23. The number of hydrogen-bond donors (Lipinski definition) is 1. The highest BCUT2D eigenvalue weighted by atomic mass is 16.6. The number of nitro groups is 1. The van der Waals surface area contributed by atoms with Crippen LogP contribution in [0.25, 0.3) is 0 Å². The van der Waals surface area contributed by atoms with Crippen LogP contribution in [0.4, 0.5) is 11.5 Å². The van der Waals surface area contributed by atoms with Gasteiger partial charge in [-0.05, 0) is 25.2 Å². The van der Waals surface area contributed by atoms with Crippen molar-refractivity contribution in [3.05, 3.63) is 27.9 Å². The molecule has 1 aliphatic rings. The quantitative estimate of drug-likeness (QED) is 0.613. The minimum atomic E-state index is -1.21. The molecule has 7 nitrogen and oxygen atoms in total. The Morgan fingerprint density at radius 2 is 2.24 bits per heavy atom. The van der Waals surface area contributed by atoms with Gasteiger partial charge >= 0.3 is 11.7 Å². The van der Waals surface area contributed by atoms with Gasteiger partial charge < -0.3 is 10.0 Å². The van der Waals surface area contributed by atoms with Gasteiger partial charge in [0.05, 0.1) is 10.5 Å². The van der Waals surface area contributed by atoms with Crippen molar-refractivity contribution in [3.8, 4) is 0 Å². The molecule has 0 unspecified atom stereocenters. The molecule has 0 spiro atoms. The molecule has 0 radical (unpaired) electrons. The molecule has 0 amide bonds. The molecule has 1 aromatic rings. The Morgan fingerprint density at radius 1 is 1.57 bits per heavy atom. The average molecular weight is 293 g/mol. The summed E-state index contributed by atoms with van der Waals surface area (Å²) in [5.41, 5.74) is -0.393. The third-order valence-electron chi connectivity index (χ3n) is 3.50. The summed E-state index contributed by atoms with van der Waals surface area (Å²) >= 11 is 0. The smallest absolute Gasteiger partial charge is 0.337 e. The van der Waals surface area contributed by atoms with Crippen molar-refractivity contribution < 1.29 is 14.8 Å². The number of pyridine rings is 1. The van der Waals surface area contributed by atoms with E-state index in [1.807, 2.05) is 4.90 Å². The van der Waals surface area contributed by atoms with Crippen molar-refractivity contribution in [2.75, 3.05) is 11.4 Å². The number of carboxylic acid groups (broad SMARTS) is 1. The lowest BCUT2D eigenvalue weighted by Crippen LogP contribution is -2.29. The summed E-state index contributed by atoms with van der Waals surface area (Å²) in [6, 6.07) is 1.38. The number of rotatable bonds is 7. The van der Waals surface area contributed by atoms with Crippen molar-refractivity contribution in [1.29, 1.82) is 0 Å². The molecule has 21 heavy (non-hydrogen) atoms. The lowest BCUT2D eigenvalue weighted by Gasteiger charge is -2.24. The van der Waals surface area contributed by atoms with E-state index in [1.165, 1.54) is 6.20 Å². The fourth-order valence-electron chi connectivity index (χ4n) is 2.16. The summed E-state index contributed by atoms with van der Waals surface area (Å²) in [7, 11) is 0. The van der Waals surface area contributed by atoms with E-state index in [-0.39, 0.29) is 23.1 Å². The minimum absolute atomic E-state index is 0.162. The second-order valence-electron chi connectivity index (χ2n) is 5.74. The molecular formula is C14H19N3O4. The van der Waals surface area contributed by atoms with E-state index in [0.29, 0.717) is 12.5 Å². The van der Waals surface area contributed by atoms with Gasteiger partial charge in [0.15, 0.2) is 0 Å². The zero-order chi connectivity index (χ0) is 15.6. The Balaban J connectivity index is 2.34. The first-order valence-corrected chi connectivity index (χ1v) is 7.04. The number of aromatic carboxylic acids is 1. The molecule has 2 rings (SSSR count). The van der Waals surface area contributed by atoms with Gasteiger partial charge in [0.2, 0.25) is 5.82 Å². The van der Waals surface area contributed by atoms with Gasteiger partial charge in [-0.1, -0.05) is 13.8 Å². The maximum Gasteiger partial charge on any atom is 0.337 e. The highest BCUT2D eigenvalue weighted by Gasteiger charge is 2.34. The SMILES string of the molecule is CC(C)CCN(c1ncc(C(=O)O)cc1[N+](=O)[O-])C1CC1. The zero-order valence-corrected chi connectivity index (χ0v) is 12.2. The van der Waals surface area contributed by atoms with Crippen LogP contribution in [0.2, 0.25) is 0 Å². The van der Waals surface area contributed by atoms with E-state index >= 15 is 0 Å². The molecule has 7 heteroatoms. The fourth-order valence-corrected chi connectivity index (χ4v) is 2.16. The van der Waals surface area contributed by atoms with Gasteiger partial charge in [0.1, 0.15) is 0 Å². The van der Waals surface area contributed by atoms with Crippen LogP contribution in [0.15, 0.2) is 12.3 Å². The van der Waals surface area contributed by atoms with E-state index < -0.39 is 10.9 Å². The van der Waals surface area contributed by atoms with Gasteiger partial charge in [0, 0.05) is 24.8 Å². The lowest BCUT2D eigenvalue weighted by molar-refractivity contribution is -0.384. The predicted molar refractivity (Wildman–Crippen MR) is 77.7 cm³/mol. The molecule has 0 atom stereocenters. The van der Waals surface area contributed by atoms with Gasteiger partial charge in [-0.3, -0.25) is 10.1 Å². The summed E-state index contributed by atoms with van der Waals surface area (Å²) in [5.74, 6) is -0.436. The van der Waals surface area contributed by atoms with Crippen molar-refractivity contribution in [2.45, 2.75) is 39.2 Å². The predicted octanol–water partition coefficient (Wildman–Crippen LogP) is 2.70. The molecule has 1 aromatic heterocycles. The molecule has 0 bridgehead atoms. The fraction of sp³-hybridized carbons (Fsp3) is 0.571. The van der Waals surface area contributed by atoms with E-state index in [0.717, 1.165) is 25.3 Å². The second-order valence-corrected chi connectivity index (χ2v) is 5.74. The van der Waals surface area contributed by atoms with E-state index in [9.17, 15) is 14.9 Å².